The number of hydrogen-bond acceptors (Lipinski definition) is 2. The summed E-state index contributed by atoms with van der Waals surface area (Å²) >= 11 is 5.98. The molecule has 0 saturated heterocycles. The molecule has 4 heteroatoms. The Bertz CT molecular complexity index is 444. The normalized spacial score (nSPS) is 26.7. The van der Waals surface area contributed by atoms with Crippen LogP contribution in [0.1, 0.15) is 44.6 Å². The smallest absolute Gasteiger partial charge is 0.124 e. The minimum atomic E-state index is -0.599. The van der Waals surface area contributed by atoms with E-state index in [0.717, 1.165) is 37.2 Å². The maximum absolute atomic E-state index is 12.9. The molecule has 1 aromatic rings. The molecule has 2 N–H and O–H groups in total. The van der Waals surface area contributed by atoms with Gasteiger partial charge in [-0.3, -0.25) is 0 Å². The molecule has 0 aliphatic heterocycles. The quantitative estimate of drug-likeness (QED) is 0.864. The summed E-state index contributed by atoms with van der Waals surface area (Å²) in [5, 5.41) is 14.2. The van der Waals surface area contributed by atoms with Gasteiger partial charge in [0.25, 0.3) is 0 Å². The first-order valence-corrected chi connectivity index (χ1v) is 7.77. The number of aliphatic hydroxyl groups is 1. The summed E-state index contributed by atoms with van der Waals surface area (Å²) in [6.07, 6.45) is 5.12. The third kappa shape index (κ3) is 4.18. The monoisotopic (exact) mass is 299 g/mol. The van der Waals surface area contributed by atoms with E-state index in [1.165, 1.54) is 18.6 Å². The van der Waals surface area contributed by atoms with Crippen molar-refractivity contribution in [1.29, 1.82) is 0 Å². The Morgan fingerprint density at radius 2 is 2.10 bits per heavy atom. The lowest BCUT2D eigenvalue weighted by atomic mass is 9.78. The highest BCUT2D eigenvalue weighted by Gasteiger charge is 2.32. The van der Waals surface area contributed by atoms with Crippen LogP contribution in [0.15, 0.2) is 18.2 Å². The van der Waals surface area contributed by atoms with E-state index in [1.807, 2.05) is 0 Å². The van der Waals surface area contributed by atoms with E-state index in [9.17, 15) is 9.50 Å². The lowest BCUT2D eigenvalue weighted by Gasteiger charge is -2.36. The first-order chi connectivity index (χ1) is 9.52. The van der Waals surface area contributed by atoms with Crippen molar-refractivity contribution in [2.75, 3.05) is 6.54 Å². The summed E-state index contributed by atoms with van der Waals surface area (Å²) in [5.74, 6) is 0.442. The van der Waals surface area contributed by atoms with E-state index in [1.54, 1.807) is 6.07 Å². The van der Waals surface area contributed by atoms with E-state index >= 15 is 0 Å². The van der Waals surface area contributed by atoms with E-state index < -0.39 is 5.60 Å². The zero-order valence-electron chi connectivity index (χ0n) is 12.0. The second-order valence-corrected chi connectivity index (χ2v) is 6.32. The minimum Gasteiger partial charge on any atom is -0.389 e. The van der Waals surface area contributed by atoms with Crippen molar-refractivity contribution in [3.05, 3.63) is 34.6 Å². The molecule has 0 spiro atoms. The lowest BCUT2D eigenvalue weighted by molar-refractivity contribution is -0.00881. The molecule has 0 unspecified atom stereocenters. The van der Waals surface area contributed by atoms with Crippen LogP contribution in [0, 0.1) is 11.7 Å². The second-order valence-electron chi connectivity index (χ2n) is 5.92. The van der Waals surface area contributed by atoms with Gasteiger partial charge in [-0.05, 0) is 49.3 Å². The van der Waals surface area contributed by atoms with Gasteiger partial charge in [0, 0.05) is 18.1 Å². The number of hydrogen-bond donors (Lipinski definition) is 2. The van der Waals surface area contributed by atoms with Gasteiger partial charge in [-0.25, -0.2) is 4.39 Å². The zero-order chi connectivity index (χ0) is 14.6. The zero-order valence-corrected chi connectivity index (χ0v) is 12.7. The summed E-state index contributed by atoms with van der Waals surface area (Å²) < 4.78 is 12.9. The van der Waals surface area contributed by atoms with Crippen molar-refractivity contribution in [2.24, 2.45) is 5.92 Å². The molecule has 1 saturated carbocycles. The minimum absolute atomic E-state index is 0.324. The Hall–Kier alpha value is -0.640. The van der Waals surface area contributed by atoms with Crippen LogP contribution in [0.5, 0.6) is 0 Å². The predicted octanol–water partition coefficient (Wildman–Crippen LogP) is 3.90. The van der Waals surface area contributed by atoms with Crippen molar-refractivity contribution < 1.29 is 9.50 Å². The number of halogens is 2. The van der Waals surface area contributed by atoms with E-state index in [0.29, 0.717) is 18.1 Å². The molecule has 1 fully saturated rings. The first-order valence-electron chi connectivity index (χ1n) is 7.39. The fourth-order valence-corrected chi connectivity index (χ4v) is 3.13. The molecule has 1 aromatic carbocycles. The predicted molar refractivity (Wildman–Crippen MR) is 80.3 cm³/mol. The average Bonchev–Trinajstić information content (AvgIpc) is 2.42. The van der Waals surface area contributed by atoms with Gasteiger partial charge in [0.1, 0.15) is 5.82 Å². The van der Waals surface area contributed by atoms with Gasteiger partial charge in [-0.1, -0.05) is 31.0 Å². The van der Waals surface area contributed by atoms with E-state index in [2.05, 4.69) is 12.2 Å². The Labute approximate surface area is 125 Å². The first kappa shape index (κ1) is 15.7. The standard InChI is InChI=1S/C16H23ClFNO/c1-2-12-5-7-16(20,8-6-12)11-19-10-13-3-4-14(18)9-15(13)17/h3-4,9,12,19-20H,2,5-8,10-11H2,1H3. The van der Waals surface area contributed by atoms with Gasteiger partial charge in [0.15, 0.2) is 0 Å². The molecule has 0 radical (unpaired) electrons. The highest BCUT2D eigenvalue weighted by molar-refractivity contribution is 6.31. The fourth-order valence-electron chi connectivity index (χ4n) is 2.89. The van der Waals surface area contributed by atoms with Crippen molar-refractivity contribution in [1.82, 2.24) is 5.32 Å². The van der Waals surface area contributed by atoms with Gasteiger partial charge in [0.2, 0.25) is 0 Å². The van der Waals surface area contributed by atoms with Gasteiger partial charge in [-0.15, -0.1) is 0 Å². The largest absolute Gasteiger partial charge is 0.389 e. The average molecular weight is 300 g/mol. The number of rotatable bonds is 5. The van der Waals surface area contributed by atoms with E-state index in [4.69, 9.17) is 11.6 Å². The summed E-state index contributed by atoms with van der Waals surface area (Å²) in [6, 6.07) is 4.41. The third-order valence-corrected chi connectivity index (χ3v) is 4.75. The van der Waals surface area contributed by atoms with Crippen molar-refractivity contribution in [3.63, 3.8) is 0 Å². The van der Waals surface area contributed by atoms with Gasteiger partial charge < -0.3 is 10.4 Å². The highest BCUT2D eigenvalue weighted by Crippen LogP contribution is 2.33. The van der Waals surface area contributed by atoms with Crippen LogP contribution in [0.25, 0.3) is 0 Å². The van der Waals surface area contributed by atoms with Crippen molar-refractivity contribution in [3.8, 4) is 0 Å². The molecule has 0 heterocycles. The number of benzene rings is 1. The molecule has 0 bridgehead atoms. The van der Waals surface area contributed by atoms with Crippen molar-refractivity contribution >= 4 is 11.6 Å². The van der Waals surface area contributed by atoms with Gasteiger partial charge in [-0.2, -0.15) is 0 Å². The Morgan fingerprint density at radius 1 is 1.40 bits per heavy atom. The Morgan fingerprint density at radius 3 is 2.70 bits per heavy atom. The molecule has 2 rings (SSSR count). The number of nitrogens with one attached hydrogen (secondary N) is 1. The van der Waals surface area contributed by atoms with Crippen LogP contribution < -0.4 is 5.32 Å². The Balaban J connectivity index is 1.80. The summed E-state index contributed by atoms with van der Waals surface area (Å²) in [5.41, 5.74) is 0.261. The molecular formula is C16H23ClFNO. The molecule has 2 nitrogen and oxygen atoms in total. The van der Waals surface area contributed by atoms with Gasteiger partial charge in [0.05, 0.1) is 5.60 Å². The molecule has 1 aliphatic carbocycles. The van der Waals surface area contributed by atoms with Crippen LogP contribution in [0.2, 0.25) is 5.02 Å². The molecular weight excluding hydrogens is 277 g/mol. The third-order valence-electron chi connectivity index (χ3n) is 4.40. The maximum Gasteiger partial charge on any atom is 0.124 e. The SMILES string of the molecule is CCC1CCC(O)(CNCc2ccc(F)cc2Cl)CC1. The Kier molecular flexibility index (Phi) is 5.42. The van der Waals surface area contributed by atoms with E-state index in [-0.39, 0.29) is 5.82 Å². The summed E-state index contributed by atoms with van der Waals surface area (Å²) in [7, 11) is 0. The fraction of sp³-hybridized carbons (Fsp3) is 0.625. The summed E-state index contributed by atoms with van der Waals surface area (Å²) in [6.45, 7) is 3.33. The van der Waals surface area contributed by atoms with Crippen LogP contribution in [-0.4, -0.2) is 17.3 Å². The summed E-state index contributed by atoms with van der Waals surface area (Å²) in [4.78, 5) is 0. The van der Waals surface area contributed by atoms with Crippen LogP contribution in [-0.2, 0) is 6.54 Å². The van der Waals surface area contributed by atoms with Crippen LogP contribution >= 0.6 is 11.6 Å². The van der Waals surface area contributed by atoms with Crippen molar-refractivity contribution in [2.45, 2.75) is 51.2 Å². The molecule has 112 valence electrons. The molecule has 0 amide bonds. The van der Waals surface area contributed by atoms with Gasteiger partial charge >= 0.3 is 0 Å². The molecule has 0 aromatic heterocycles. The maximum atomic E-state index is 12.9. The topological polar surface area (TPSA) is 32.3 Å². The van der Waals surface area contributed by atoms with Crippen LogP contribution in [0.4, 0.5) is 4.39 Å². The molecule has 1 aliphatic rings. The van der Waals surface area contributed by atoms with Crippen LogP contribution in [0.3, 0.4) is 0 Å². The lowest BCUT2D eigenvalue weighted by Crippen LogP contribution is -2.43. The molecule has 20 heavy (non-hydrogen) atoms. The molecule has 0 atom stereocenters. The second kappa shape index (κ2) is 6.88. The highest BCUT2D eigenvalue weighted by atomic mass is 35.5.